The second kappa shape index (κ2) is 8.07. The van der Waals surface area contributed by atoms with Gasteiger partial charge < -0.3 is 10.1 Å². The van der Waals surface area contributed by atoms with Gasteiger partial charge in [-0.3, -0.25) is 4.79 Å². The number of benzene rings is 3. The highest BCUT2D eigenvalue weighted by Gasteiger charge is 2.15. The molecule has 0 spiro atoms. The lowest BCUT2D eigenvalue weighted by molar-refractivity contribution is 0.102. The summed E-state index contributed by atoms with van der Waals surface area (Å²) in [5.41, 5.74) is 4.37. The standard InChI is InChI=1S/C22H20ClNO2/c1-15-8-10-20(16(2)12-15)24-22(25)19-13-18(23)9-11-21(19)26-14-17-6-4-3-5-7-17/h3-13H,14H2,1-2H3,(H,24,25). The molecule has 26 heavy (non-hydrogen) atoms. The van der Waals surface area contributed by atoms with E-state index in [1.165, 1.54) is 0 Å². The average molecular weight is 366 g/mol. The van der Waals surface area contributed by atoms with Gasteiger partial charge in [0, 0.05) is 10.7 Å². The summed E-state index contributed by atoms with van der Waals surface area (Å²) in [6.45, 7) is 4.37. The van der Waals surface area contributed by atoms with E-state index in [1.807, 2.05) is 62.4 Å². The first-order valence-corrected chi connectivity index (χ1v) is 8.75. The Morgan fingerprint density at radius 2 is 1.77 bits per heavy atom. The van der Waals surface area contributed by atoms with E-state index in [0.29, 0.717) is 22.9 Å². The largest absolute Gasteiger partial charge is 0.488 e. The number of carbonyl (C=O) groups excluding carboxylic acids is 1. The van der Waals surface area contributed by atoms with Gasteiger partial charge in [-0.25, -0.2) is 0 Å². The van der Waals surface area contributed by atoms with E-state index in [2.05, 4.69) is 5.32 Å². The fraction of sp³-hybridized carbons (Fsp3) is 0.136. The summed E-state index contributed by atoms with van der Waals surface area (Å²) in [5.74, 6) is 0.253. The quantitative estimate of drug-likeness (QED) is 0.621. The minimum absolute atomic E-state index is 0.248. The van der Waals surface area contributed by atoms with Crippen LogP contribution in [0.25, 0.3) is 0 Å². The van der Waals surface area contributed by atoms with Crippen molar-refractivity contribution in [2.75, 3.05) is 5.32 Å². The third-order valence-electron chi connectivity index (χ3n) is 4.05. The van der Waals surface area contributed by atoms with Gasteiger partial charge in [-0.1, -0.05) is 59.6 Å². The number of rotatable bonds is 5. The highest BCUT2D eigenvalue weighted by Crippen LogP contribution is 2.26. The molecule has 0 atom stereocenters. The molecule has 0 saturated carbocycles. The second-order valence-corrected chi connectivity index (χ2v) is 6.62. The molecule has 0 unspecified atom stereocenters. The number of anilines is 1. The summed E-state index contributed by atoms with van der Waals surface area (Å²) in [7, 11) is 0. The van der Waals surface area contributed by atoms with Crippen molar-refractivity contribution in [3.63, 3.8) is 0 Å². The van der Waals surface area contributed by atoms with Gasteiger partial charge in [-0.05, 0) is 49.2 Å². The zero-order valence-electron chi connectivity index (χ0n) is 14.8. The van der Waals surface area contributed by atoms with E-state index < -0.39 is 0 Å². The van der Waals surface area contributed by atoms with Crippen molar-refractivity contribution >= 4 is 23.2 Å². The van der Waals surface area contributed by atoms with Gasteiger partial charge in [0.1, 0.15) is 12.4 Å². The van der Waals surface area contributed by atoms with Gasteiger partial charge in [0.2, 0.25) is 0 Å². The topological polar surface area (TPSA) is 38.3 Å². The van der Waals surface area contributed by atoms with Crippen LogP contribution in [0.3, 0.4) is 0 Å². The number of hydrogen-bond acceptors (Lipinski definition) is 2. The Labute approximate surface area is 158 Å². The van der Waals surface area contributed by atoms with E-state index in [1.54, 1.807) is 18.2 Å². The molecule has 3 aromatic rings. The Morgan fingerprint density at radius 1 is 1.00 bits per heavy atom. The lowest BCUT2D eigenvalue weighted by Crippen LogP contribution is -2.14. The van der Waals surface area contributed by atoms with Crippen LogP contribution in [0.5, 0.6) is 5.75 Å². The minimum atomic E-state index is -0.248. The number of amides is 1. The van der Waals surface area contributed by atoms with Crippen molar-refractivity contribution in [3.05, 3.63) is 94.0 Å². The Bertz CT molecular complexity index is 923. The van der Waals surface area contributed by atoms with Gasteiger partial charge >= 0.3 is 0 Å². The molecule has 0 aliphatic carbocycles. The SMILES string of the molecule is Cc1ccc(NC(=O)c2cc(Cl)ccc2OCc2ccccc2)c(C)c1. The maximum atomic E-state index is 12.8. The summed E-state index contributed by atoms with van der Waals surface area (Å²) >= 11 is 6.10. The molecular weight excluding hydrogens is 346 g/mol. The van der Waals surface area contributed by atoms with Gasteiger partial charge in [-0.2, -0.15) is 0 Å². The lowest BCUT2D eigenvalue weighted by atomic mass is 10.1. The molecule has 0 radical (unpaired) electrons. The third-order valence-corrected chi connectivity index (χ3v) is 4.29. The Balaban J connectivity index is 1.81. The van der Waals surface area contributed by atoms with Crippen LogP contribution in [-0.4, -0.2) is 5.91 Å². The van der Waals surface area contributed by atoms with E-state index >= 15 is 0 Å². The maximum absolute atomic E-state index is 12.8. The fourth-order valence-electron chi connectivity index (χ4n) is 2.68. The molecule has 3 aromatic carbocycles. The molecule has 132 valence electrons. The molecule has 0 aliphatic rings. The predicted molar refractivity (Wildman–Crippen MR) is 106 cm³/mol. The molecule has 0 heterocycles. The van der Waals surface area contributed by atoms with Gasteiger partial charge in [0.15, 0.2) is 0 Å². The molecule has 4 heteroatoms. The van der Waals surface area contributed by atoms with Gasteiger partial charge in [-0.15, -0.1) is 0 Å². The van der Waals surface area contributed by atoms with Crippen molar-refractivity contribution < 1.29 is 9.53 Å². The van der Waals surface area contributed by atoms with E-state index in [9.17, 15) is 4.79 Å². The predicted octanol–water partition coefficient (Wildman–Crippen LogP) is 5.79. The monoisotopic (exact) mass is 365 g/mol. The molecule has 0 aromatic heterocycles. The summed E-state index contributed by atoms with van der Waals surface area (Å²) in [4.78, 5) is 12.8. The number of halogens is 1. The molecule has 3 rings (SSSR count). The number of carbonyl (C=O) groups is 1. The first kappa shape index (κ1) is 18.0. The van der Waals surface area contributed by atoms with E-state index in [4.69, 9.17) is 16.3 Å². The van der Waals surface area contributed by atoms with Crippen LogP contribution in [0.1, 0.15) is 27.0 Å². The normalized spacial score (nSPS) is 10.4. The zero-order valence-corrected chi connectivity index (χ0v) is 15.5. The lowest BCUT2D eigenvalue weighted by Gasteiger charge is -2.14. The smallest absolute Gasteiger partial charge is 0.259 e. The van der Waals surface area contributed by atoms with Gasteiger partial charge in [0.05, 0.1) is 5.56 Å². The van der Waals surface area contributed by atoms with Crippen LogP contribution in [0.2, 0.25) is 5.02 Å². The molecule has 0 fully saturated rings. The van der Waals surface area contributed by atoms with Crippen LogP contribution < -0.4 is 10.1 Å². The van der Waals surface area contributed by atoms with Crippen LogP contribution in [0.4, 0.5) is 5.69 Å². The summed E-state index contributed by atoms with van der Waals surface area (Å²) in [5, 5.41) is 3.43. The van der Waals surface area contributed by atoms with Crippen molar-refractivity contribution in [2.45, 2.75) is 20.5 Å². The summed E-state index contributed by atoms with van der Waals surface area (Å²) in [6, 6.07) is 20.8. The van der Waals surface area contributed by atoms with Crippen LogP contribution in [0, 0.1) is 13.8 Å². The Kier molecular flexibility index (Phi) is 5.59. The summed E-state index contributed by atoms with van der Waals surface area (Å²) < 4.78 is 5.87. The van der Waals surface area contributed by atoms with Crippen LogP contribution >= 0.6 is 11.6 Å². The second-order valence-electron chi connectivity index (χ2n) is 6.19. The maximum Gasteiger partial charge on any atom is 0.259 e. The zero-order chi connectivity index (χ0) is 18.5. The Hall–Kier alpha value is -2.78. The van der Waals surface area contributed by atoms with Gasteiger partial charge in [0.25, 0.3) is 5.91 Å². The number of hydrogen-bond donors (Lipinski definition) is 1. The van der Waals surface area contributed by atoms with E-state index in [0.717, 1.165) is 22.4 Å². The van der Waals surface area contributed by atoms with Crippen molar-refractivity contribution in [1.82, 2.24) is 0 Å². The molecule has 1 N–H and O–H groups in total. The number of ether oxygens (including phenoxy) is 1. The third kappa shape index (κ3) is 4.44. The number of nitrogens with one attached hydrogen (secondary N) is 1. The molecule has 1 amide bonds. The van der Waals surface area contributed by atoms with Crippen molar-refractivity contribution in [1.29, 1.82) is 0 Å². The van der Waals surface area contributed by atoms with Crippen molar-refractivity contribution in [2.24, 2.45) is 0 Å². The molecule has 0 saturated heterocycles. The highest BCUT2D eigenvalue weighted by atomic mass is 35.5. The van der Waals surface area contributed by atoms with Crippen LogP contribution in [0.15, 0.2) is 66.7 Å². The molecule has 0 aliphatic heterocycles. The fourth-order valence-corrected chi connectivity index (χ4v) is 2.86. The average Bonchev–Trinajstić information content (AvgIpc) is 2.63. The first-order chi connectivity index (χ1) is 12.5. The van der Waals surface area contributed by atoms with Crippen LogP contribution in [-0.2, 0) is 6.61 Å². The first-order valence-electron chi connectivity index (χ1n) is 8.38. The number of aryl methyl sites for hydroxylation is 2. The highest BCUT2D eigenvalue weighted by molar-refractivity contribution is 6.31. The summed E-state index contributed by atoms with van der Waals surface area (Å²) in [6.07, 6.45) is 0. The minimum Gasteiger partial charge on any atom is -0.488 e. The Morgan fingerprint density at radius 3 is 2.50 bits per heavy atom. The van der Waals surface area contributed by atoms with Crippen molar-refractivity contribution in [3.8, 4) is 5.75 Å². The molecule has 3 nitrogen and oxygen atoms in total. The molecular formula is C22H20ClNO2. The molecule has 0 bridgehead atoms. The van der Waals surface area contributed by atoms with E-state index in [-0.39, 0.29) is 5.91 Å².